The van der Waals surface area contributed by atoms with Gasteiger partial charge in [0.25, 0.3) is 0 Å². The molecule has 0 saturated carbocycles. The molecule has 0 bridgehead atoms. The summed E-state index contributed by atoms with van der Waals surface area (Å²) in [7, 11) is 0. The van der Waals surface area contributed by atoms with Crippen LogP contribution < -0.4 is 0 Å². The molecule has 0 saturated heterocycles. The Bertz CT molecular complexity index is 184. The highest BCUT2D eigenvalue weighted by molar-refractivity contribution is 7.99. The molecule has 0 aromatic carbocycles. The summed E-state index contributed by atoms with van der Waals surface area (Å²) in [5, 5.41) is 4.36. The molecular formula is C9H13ClS2. The molecule has 3 heteroatoms. The van der Waals surface area contributed by atoms with Crippen LogP contribution >= 0.6 is 34.7 Å². The summed E-state index contributed by atoms with van der Waals surface area (Å²) >= 11 is 9.34. The Kier molecular flexibility index (Phi) is 5.92. The summed E-state index contributed by atoms with van der Waals surface area (Å²) in [6.07, 6.45) is 2.34. The lowest BCUT2D eigenvalue weighted by molar-refractivity contribution is 1.10. The molecule has 1 aromatic heterocycles. The molecule has 1 heterocycles. The van der Waals surface area contributed by atoms with Gasteiger partial charge in [-0.05, 0) is 46.7 Å². The minimum absolute atomic E-state index is 0.797. The molecule has 0 spiro atoms. The Morgan fingerprint density at radius 1 is 1.42 bits per heavy atom. The van der Waals surface area contributed by atoms with Gasteiger partial charge in [0.05, 0.1) is 0 Å². The van der Waals surface area contributed by atoms with Gasteiger partial charge in [-0.2, -0.15) is 23.1 Å². The second-order valence-corrected chi connectivity index (χ2v) is 4.92. The van der Waals surface area contributed by atoms with E-state index in [9.17, 15) is 0 Å². The lowest BCUT2D eigenvalue weighted by Crippen LogP contribution is -1.88. The molecule has 1 aromatic rings. The number of hydrogen-bond donors (Lipinski definition) is 0. The highest BCUT2D eigenvalue weighted by atomic mass is 35.5. The number of thioether (sulfide) groups is 1. The molecule has 0 nitrogen and oxygen atoms in total. The molecule has 0 aliphatic heterocycles. The van der Waals surface area contributed by atoms with Gasteiger partial charge in [0.1, 0.15) is 0 Å². The fourth-order valence-electron chi connectivity index (χ4n) is 0.884. The first-order valence-corrected chi connectivity index (χ1v) is 6.71. The first-order chi connectivity index (χ1) is 5.93. The Morgan fingerprint density at radius 2 is 2.33 bits per heavy atom. The zero-order chi connectivity index (χ0) is 8.65. The van der Waals surface area contributed by atoms with Crippen molar-refractivity contribution in [3.8, 4) is 0 Å². The number of aryl methyl sites for hydroxylation is 1. The average molecular weight is 221 g/mol. The van der Waals surface area contributed by atoms with Crippen molar-refractivity contribution in [2.75, 3.05) is 17.4 Å². The number of alkyl halides is 1. The molecule has 0 aliphatic carbocycles. The van der Waals surface area contributed by atoms with Crippen molar-refractivity contribution in [2.24, 2.45) is 0 Å². The van der Waals surface area contributed by atoms with Crippen LogP contribution in [0, 0.1) is 0 Å². The fraction of sp³-hybridized carbons (Fsp3) is 0.556. The van der Waals surface area contributed by atoms with Gasteiger partial charge >= 0.3 is 0 Å². The molecule has 0 radical (unpaired) electrons. The molecular weight excluding hydrogens is 208 g/mol. The summed E-state index contributed by atoms with van der Waals surface area (Å²) in [5.41, 5.74) is 1.47. The van der Waals surface area contributed by atoms with Crippen molar-refractivity contribution >= 4 is 34.7 Å². The predicted molar refractivity (Wildman–Crippen MR) is 60.7 cm³/mol. The van der Waals surface area contributed by atoms with E-state index in [1.54, 1.807) is 11.3 Å². The van der Waals surface area contributed by atoms with Crippen LogP contribution in [0.15, 0.2) is 16.8 Å². The van der Waals surface area contributed by atoms with E-state index in [0.29, 0.717) is 0 Å². The highest BCUT2D eigenvalue weighted by Crippen LogP contribution is 2.11. The first kappa shape index (κ1) is 10.4. The second kappa shape index (κ2) is 6.81. The Morgan fingerprint density at radius 3 is 3.00 bits per heavy atom. The van der Waals surface area contributed by atoms with Crippen molar-refractivity contribution in [2.45, 2.75) is 12.8 Å². The van der Waals surface area contributed by atoms with Gasteiger partial charge in [0.15, 0.2) is 0 Å². The van der Waals surface area contributed by atoms with Crippen LogP contribution in [0.4, 0.5) is 0 Å². The molecule has 0 N–H and O–H groups in total. The largest absolute Gasteiger partial charge is 0.162 e. The van der Waals surface area contributed by atoms with Gasteiger partial charge in [-0.1, -0.05) is 0 Å². The van der Waals surface area contributed by atoms with Crippen LogP contribution in [0.25, 0.3) is 0 Å². The summed E-state index contributed by atoms with van der Waals surface area (Å²) in [4.78, 5) is 0. The Labute approximate surface area is 87.3 Å². The van der Waals surface area contributed by atoms with Crippen LogP contribution in [-0.4, -0.2) is 17.4 Å². The summed E-state index contributed by atoms with van der Waals surface area (Å²) in [6.45, 7) is 0. The SMILES string of the molecule is ClCCCSCCc1ccsc1. The van der Waals surface area contributed by atoms with E-state index in [2.05, 4.69) is 16.8 Å². The lowest BCUT2D eigenvalue weighted by atomic mass is 10.3. The third-order valence-electron chi connectivity index (χ3n) is 1.54. The first-order valence-electron chi connectivity index (χ1n) is 4.08. The molecule has 1 rings (SSSR count). The quantitative estimate of drug-likeness (QED) is 0.521. The van der Waals surface area contributed by atoms with E-state index in [1.165, 1.54) is 23.5 Å². The summed E-state index contributed by atoms with van der Waals surface area (Å²) < 4.78 is 0. The van der Waals surface area contributed by atoms with Crippen molar-refractivity contribution in [3.63, 3.8) is 0 Å². The summed E-state index contributed by atoms with van der Waals surface area (Å²) in [5.74, 6) is 3.23. The van der Waals surface area contributed by atoms with Crippen LogP contribution in [0.3, 0.4) is 0 Å². The monoisotopic (exact) mass is 220 g/mol. The maximum atomic E-state index is 5.57. The topological polar surface area (TPSA) is 0 Å². The van der Waals surface area contributed by atoms with E-state index in [1.807, 2.05) is 11.8 Å². The molecule has 0 unspecified atom stereocenters. The van der Waals surface area contributed by atoms with Crippen LogP contribution in [0.1, 0.15) is 12.0 Å². The molecule has 0 amide bonds. The van der Waals surface area contributed by atoms with Crippen molar-refractivity contribution in [3.05, 3.63) is 22.4 Å². The number of rotatable bonds is 6. The molecule has 68 valence electrons. The van der Waals surface area contributed by atoms with Crippen LogP contribution in [0.5, 0.6) is 0 Å². The predicted octanol–water partition coefficient (Wildman–Crippen LogP) is 3.65. The van der Waals surface area contributed by atoms with Crippen molar-refractivity contribution in [1.82, 2.24) is 0 Å². The van der Waals surface area contributed by atoms with Gasteiger partial charge in [-0.3, -0.25) is 0 Å². The smallest absolute Gasteiger partial charge is 0.0231 e. The van der Waals surface area contributed by atoms with Gasteiger partial charge in [-0.15, -0.1) is 11.6 Å². The van der Waals surface area contributed by atoms with E-state index >= 15 is 0 Å². The zero-order valence-electron chi connectivity index (χ0n) is 6.96. The standard InChI is InChI=1S/C9H13ClS2/c10-4-1-5-11-6-2-9-3-7-12-8-9/h3,7-8H,1-2,4-6H2. The Balaban J connectivity index is 1.96. The van der Waals surface area contributed by atoms with Gasteiger partial charge in [0, 0.05) is 5.88 Å². The number of halogens is 1. The fourth-order valence-corrected chi connectivity index (χ4v) is 2.81. The molecule has 12 heavy (non-hydrogen) atoms. The highest BCUT2D eigenvalue weighted by Gasteiger charge is 1.93. The third-order valence-corrected chi connectivity index (χ3v) is 3.61. The number of hydrogen-bond acceptors (Lipinski definition) is 2. The van der Waals surface area contributed by atoms with Gasteiger partial charge < -0.3 is 0 Å². The minimum atomic E-state index is 0.797. The van der Waals surface area contributed by atoms with Gasteiger partial charge in [-0.25, -0.2) is 0 Å². The summed E-state index contributed by atoms with van der Waals surface area (Å²) in [6, 6.07) is 2.20. The molecule has 0 fully saturated rings. The van der Waals surface area contributed by atoms with E-state index in [4.69, 9.17) is 11.6 Å². The van der Waals surface area contributed by atoms with E-state index in [0.717, 1.165) is 12.3 Å². The number of thiophene rings is 1. The minimum Gasteiger partial charge on any atom is -0.162 e. The van der Waals surface area contributed by atoms with Gasteiger partial charge in [0.2, 0.25) is 0 Å². The second-order valence-electron chi connectivity index (χ2n) is 2.54. The van der Waals surface area contributed by atoms with Crippen LogP contribution in [-0.2, 0) is 6.42 Å². The van der Waals surface area contributed by atoms with E-state index < -0.39 is 0 Å². The Hall–Kier alpha value is 0.340. The van der Waals surface area contributed by atoms with Crippen molar-refractivity contribution < 1.29 is 0 Å². The van der Waals surface area contributed by atoms with Crippen LogP contribution in [0.2, 0.25) is 0 Å². The molecule has 0 atom stereocenters. The lowest BCUT2D eigenvalue weighted by Gasteiger charge is -1.97. The van der Waals surface area contributed by atoms with E-state index in [-0.39, 0.29) is 0 Å². The molecule has 0 aliphatic rings. The normalized spacial score (nSPS) is 10.4. The van der Waals surface area contributed by atoms with Crippen molar-refractivity contribution in [1.29, 1.82) is 0 Å². The third kappa shape index (κ3) is 4.39. The average Bonchev–Trinajstić information content (AvgIpc) is 2.57. The maximum Gasteiger partial charge on any atom is 0.0231 e. The zero-order valence-corrected chi connectivity index (χ0v) is 9.35. The maximum absolute atomic E-state index is 5.57.